The molecule has 0 saturated heterocycles. The molecular formula is C15H21FN2O2. The third-order valence-electron chi connectivity index (χ3n) is 2.89. The first-order valence-corrected chi connectivity index (χ1v) is 6.99. The van der Waals surface area contributed by atoms with Gasteiger partial charge in [0.2, 0.25) is 0 Å². The lowest BCUT2D eigenvalue weighted by Crippen LogP contribution is -2.36. The Morgan fingerprint density at radius 1 is 1.05 bits per heavy atom. The molecule has 1 aromatic rings. The average molecular weight is 280 g/mol. The van der Waals surface area contributed by atoms with Crippen LogP contribution in [0.2, 0.25) is 0 Å². The molecular weight excluding hydrogens is 259 g/mol. The van der Waals surface area contributed by atoms with Crippen LogP contribution in [-0.4, -0.2) is 18.4 Å². The SMILES string of the molecule is CCCCCCCNC(=O)C(=O)Nc1ccccc1F. The van der Waals surface area contributed by atoms with E-state index in [1.54, 1.807) is 6.07 Å². The zero-order valence-electron chi connectivity index (χ0n) is 11.7. The van der Waals surface area contributed by atoms with Gasteiger partial charge < -0.3 is 10.6 Å². The van der Waals surface area contributed by atoms with Crippen molar-refractivity contribution in [2.45, 2.75) is 39.0 Å². The second-order valence-corrected chi connectivity index (χ2v) is 4.60. The van der Waals surface area contributed by atoms with E-state index in [9.17, 15) is 14.0 Å². The van der Waals surface area contributed by atoms with Crippen LogP contribution >= 0.6 is 0 Å². The molecule has 0 bridgehead atoms. The van der Waals surface area contributed by atoms with E-state index in [2.05, 4.69) is 17.6 Å². The third kappa shape index (κ3) is 5.82. The van der Waals surface area contributed by atoms with Crippen LogP contribution < -0.4 is 10.6 Å². The van der Waals surface area contributed by atoms with Crippen LogP contribution in [0.3, 0.4) is 0 Å². The highest BCUT2D eigenvalue weighted by Gasteiger charge is 2.14. The second-order valence-electron chi connectivity index (χ2n) is 4.60. The summed E-state index contributed by atoms with van der Waals surface area (Å²) in [7, 11) is 0. The van der Waals surface area contributed by atoms with E-state index >= 15 is 0 Å². The van der Waals surface area contributed by atoms with Crippen molar-refractivity contribution in [2.24, 2.45) is 0 Å². The molecule has 110 valence electrons. The Kier molecular flexibility index (Phi) is 7.32. The highest BCUT2D eigenvalue weighted by molar-refractivity contribution is 6.39. The minimum atomic E-state index is -0.844. The van der Waals surface area contributed by atoms with Gasteiger partial charge in [-0.05, 0) is 18.6 Å². The molecule has 0 unspecified atom stereocenters. The summed E-state index contributed by atoms with van der Waals surface area (Å²) in [4.78, 5) is 23.0. The summed E-state index contributed by atoms with van der Waals surface area (Å²) in [6.07, 6.45) is 5.36. The Labute approximate surface area is 118 Å². The van der Waals surface area contributed by atoms with Crippen molar-refractivity contribution in [2.75, 3.05) is 11.9 Å². The van der Waals surface area contributed by atoms with Gasteiger partial charge in [-0.25, -0.2) is 4.39 Å². The molecule has 0 fully saturated rings. The van der Waals surface area contributed by atoms with Gasteiger partial charge in [0.15, 0.2) is 0 Å². The number of amides is 2. The van der Waals surface area contributed by atoms with Crippen LogP contribution in [0, 0.1) is 5.82 Å². The molecule has 0 aliphatic carbocycles. The van der Waals surface area contributed by atoms with Gasteiger partial charge >= 0.3 is 11.8 Å². The topological polar surface area (TPSA) is 58.2 Å². The van der Waals surface area contributed by atoms with Crippen molar-refractivity contribution in [3.8, 4) is 0 Å². The number of para-hydroxylation sites is 1. The first kappa shape index (κ1) is 16.1. The molecule has 1 rings (SSSR count). The van der Waals surface area contributed by atoms with Crippen molar-refractivity contribution in [3.05, 3.63) is 30.1 Å². The molecule has 2 amide bonds. The van der Waals surface area contributed by atoms with Crippen LogP contribution in [0.25, 0.3) is 0 Å². The van der Waals surface area contributed by atoms with Gasteiger partial charge in [-0.1, -0.05) is 44.7 Å². The summed E-state index contributed by atoms with van der Waals surface area (Å²) in [5.74, 6) is -2.14. The van der Waals surface area contributed by atoms with Gasteiger partial charge in [0.05, 0.1) is 5.69 Å². The number of carbonyl (C=O) groups excluding carboxylic acids is 2. The van der Waals surface area contributed by atoms with Crippen LogP contribution in [0.15, 0.2) is 24.3 Å². The summed E-state index contributed by atoms with van der Waals surface area (Å²) in [6.45, 7) is 2.60. The summed E-state index contributed by atoms with van der Waals surface area (Å²) in [6, 6.07) is 5.73. The smallest absolute Gasteiger partial charge is 0.313 e. The predicted octanol–water partition coefficient (Wildman–Crippen LogP) is 2.85. The van der Waals surface area contributed by atoms with Gasteiger partial charge in [0.25, 0.3) is 0 Å². The molecule has 20 heavy (non-hydrogen) atoms. The number of anilines is 1. The molecule has 2 N–H and O–H groups in total. The molecule has 0 spiro atoms. The van der Waals surface area contributed by atoms with Crippen molar-refractivity contribution in [1.82, 2.24) is 5.32 Å². The lowest BCUT2D eigenvalue weighted by atomic mass is 10.1. The van der Waals surface area contributed by atoms with E-state index < -0.39 is 17.6 Å². The molecule has 0 radical (unpaired) electrons. The number of rotatable bonds is 7. The number of halogens is 1. The lowest BCUT2D eigenvalue weighted by molar-refractivity contribution is -0.136. The fraction of sp³-hybridized carbons (Fsp3) is 0.467. The van der Waals surface area contributed by atoms with Crippen LogP contribution in [0.4, 0.5) is 10.1 Å². The van der Waals surface area contributed by atoms with E-state index in [4.69, 9.17) is 0 Å². The molecule has 0 aromatic heterocycles. The van der Waals surface area contributed by atoms with E-state index in [1.807, 2.05) is 0 Å². The van der Waals surface area contributed by atoms with Crippen molar-refractivity contribution in [1.29, 1.82) is 0 Å². The average Bonchev–Trinajstić information content (AvgIpc) is 2.44. The predicted molar refractivity (Wildman–Crippen MR) is 76.8 cm³/mol. The van der Waals surface area contributed by atoms with Gasteiger partial charge in [0.1, 0.15) is 5.82 Å². The van der Waals surface area contributed by atoms with E-state index in [0.29, 0.717) is 6.54 Å². The zero-order chi connectivity index (χ0) is 14.8. The number of hydrogen-bond donors (Lipinski definition) is 2. The van der Waals surface area contributed by atoms with E-state index in [1.165, 1.54) is 24.6 Å². The van der Waals surface area contributed by atoms with Crippen LogP contribution in [-0.2, 0) is 9.59 Å². The quantitative estimate of drug-likeness (QED) is 0.596. The maximum atomic E-state index is 13.3. The van der Waals surface area contributed by atoms with Gasteiger partial charge in [-0.2, -0.15) is 0 Å². The monoisotopic (exact) mass is 280 g/mol. The van der Waals surface area contributed by atoms with E-state index in [0.717, 1.165) is 25.7 Å². The first-order chi connectivity index (χ1) is 9.65. The molecule has 0 aliphatic heterocycles. The molecule has 1 aromatic carbocycles. The Balaban J connectivity index is 2.26. The second kappa shape index (κ2) is 9.07. The highest BCUT2D eigenvalue weighted by atomic mass is 19.1. The first-order valence-electron chi connectivity index (χ1n) is 6.99. The largest absolute Gasteiger partial charge is 0.348 e. The summed E-state index contributed by atoms with van der Waals surface area (Å²) in [5, 5.41) is 4.77. The summed E-state index contributed by atoms with van der Waals surface area (Å²) in [5.41, 5.74) is 0.00981. The normalized spacial score (nSPS) is 10.1. The number of benzene rings is 1. The number of unbranched alkanes of at least 4 members (excludes halogenated alkanes) is 4. The minimum absolute atomic E-state index is 0.00981. The maximum Gasteiger partial charge on any atom is 0.313 e. The van der Waals surface area contributed by atoms with Crippen LogP contribution in [0.1, 0.15) is 39.0 Å². The molecule has 4 nitrogen and oxygen atoms in total. The highest BCUT2D eigenvalue weighted by Crippen LogP contribution is 2.11. The molecule has 0 aliphatic rings. The Hall–Kier alpha value is -1.91. The standard InChI is InChI=1S/C15H21FN2O2/c1-2-3-4-5-8-11-17-14(19)15(20)18-13-10-7-6-9-12(13)16/h6-7,9-10H,2-5,8,11H2,1H3,(H,17,19)(H,18,20). The van der Waals surface area contributed by atoms with Gasteiger partial charge in [-0.15, -0.1) is 0 Å². The Morgan fingerprint density at radius 3 is 2.45 bits per heavy atom. The van der Waals surface area contributed by atoms with E-state index in [-0.39, 0.29) is 5.69 Å². The number of nitrogens with one attached hydrogen (secondary N) is 2. The Morgan fingerprint density at radius 2 is 1.75 bits per heavy atom. The fourth-order valence-corrected chi connectivity index (χ4v) is 1.75. The minimum Gasteiger partial charge on any atom is -0.348 e. The molecule has 0 saturated carbocycles. The Bertz CT molecular complexity index is 449. The summed E-state index contributed by atoms with van der Waals surface area (Å²) >= 11 is 0. The summed E-state index contributed by atoms with van der Waals surface area (Å²) < 4.78 is 13.3. The van der Waals surface area contributed by atoms with Crippen molar-refractivity contribution >= 4 is 17.5 Å². The van der Waals surface area contributed by atoms with Crippen molar-refractivity contribution in [3.63, 3.8) is 0 Å². The van der Waals surface area contributed by atoms with Gasteiger partial charge in [-0.3, -0.25) is 9.59 Å². The van der Waals surface area contributed by atoms with Crippen molar-refractivity contribution < 1.29 is 14.0 Å². The zero-order valence-corrected chi connectivity index (χ0v) is 11.7. The molecule has 0 heterocycles. The maximum absolute atomic E-state index is 13.3. The third-order valence-corrected chi connectivity index (χ3v) is 2.89. The lowest BCUT2D eigenvalue weighted by Gasteiger charge is -2.07. The number of carbonyl (C=O) groups is 2. The molecule has 0 atom stereocenters. The molecule has 5 heteroatoms. The van der Waals surface area contributed by atoms with Gasteiger partial charge in [0, 0.05) is 6.54 Å². The number of hydrogen-bond acceptors (Lipinski definition) is 2. The van der Waals surface area contributed by atoms with Crippen LogP contribution in [0.5, 0.6) is 0 Å². The fourth-order valence-electron chi connectivity index (χ4n) is 1.75.